The van der Waals surface area contributed by atoms with Gasteiger partial charge >= 0.3 is 0 Å². The average molecular weight is 554 g/mol. The van der Waals surface area contributed by atoms with Gasteiger partial charge in [-0.15, -0.1) is 11.3 Å². The maximum atomic E-state index is 14.1. The van der Waals surface area contributed by atoms with Crippen LogP contribution in [0.15, 0.2) is 48.1 Å². The number of benzene rings is 1. The van der Waals surface area contributed by atoms with Crippen LogP contribution < -0.4 is 10.6 Å². The summed E-state index contributed by atoms with van der Waals surface area (Å²) in [6.07, 6.45) is 0.467. The lowest BCUT2D eigenvalue weighted by Gasteiger charge is -2.35. The van der Waals surface area contributed by atoms with Gasteiger partial charge in [-0.3, -0.25) is 14.4 Å². The molecule has 1 fully saturated rings. The topological polar surface area (TPSA) is 125 Å². The summed E-state index contributed by atoms with van der Waals surface area (Å²) in [7, 11) is 0. The van der Waals surface area contributed by atoms with Crippen molar-refractivity contribution in [2.75, 3.05) is 6.54 Å². The number of thiazole rings is 1. The minimum Gasteiger partial charge on any atom is -0.391 e. The van der Waals surface area contributed by atoms with Crippen LogP contribution in [0.5, 0.6) is 0 Å². The van der Waals surface area contributed by atoms with Gasteiger partial charge in [0.15, 0.2) is 11.5 Å². The van der Waals surface area contributed by atoms with Crippen molar-refractivity contribution in [2.45, 2.75) is 58.8 Å². The molecule has 1 saturated heterocycles. The van der Waals surface area contributed by atoms with Crippen LogP contribution in [0.1, 0.15) is 48.9 Å². The van der Waals surface area contributed by atoms with Crippen LogP contribution in [0.2, 0.25) is 0 Å². The summed E-state index contributed by atoms with van der Waals surface area (Å²) in [6.45, 7) is 7.40. The average Bonchev–Trinajstić information content (AvgIpc) is 3.50. The molecule has 206 valence electrons. The molecule has 1 aliphatic rings. The summed E-state index contributed by atoms with van der Waals surface area (Å²) >= 11 is 1.56. The number of carbonyl (C=O) groups excluding carboxylic acids is 3. The third kappa shape index (κ3) is 6.48. The fourth-order valence-electron chi connectivity index (χ4n) is 4.53. The van der Waals surface area contributed by atoms with Crippen molar-refractivity contribution in [3.63, 3.8) is 0 Å². The van der Waals surface area contributed by atoms with Crippen molar-refractivity contribution in [3.05, 3.63) is 70.9 Å². The summed E-state index contributed by atoms with van der Waals surface area (Å²) in [6, 6.07) is 8.25. The van der Waals surface area contributed by atoms with Gasteiger partial charge in [0.2, 0.25) is 11.8 Å². The molecule has 3 N–H and O–H groups in total. The predicted molar refractivity (Wildman–Crippen MR) is 145 cm³/mol. The van der Waals surface area contributed by atoms with E-state index in [4.69, 9.17) is 0 Å². The van der Waals surface area contributed by atoms with Crippen molar-refractivity contribution in [3.8, 4) is 10.4 Å². The van der Waals surface area contributed by atoms with Crippen molar-refractivity contribution in [1.82, 2.24) is 25.5 Å². The highest BCUT2D eigenvalue weighted by Gasteiger charge is 2.44. The van der Waals surface area contributed by atoms with E-state index in [-0.39, 0.29) is 19.5 Å². The molecule has 0 spiro atoms. The molecule has 0 bridgehead atoms. The second-order valence-electron chi connectivity index (χ2n) is 10.7. The monoisotopic (exact) mass is 553 g/mol. The summed E-state index contributed by atoms with van der Waals surface area (Å²) < 4.78 is 14.1. The Balaban J connectivity index is 1.45. The van der Waals surface area contributed by atoms with Crippen LogP contribution in [-0.2, 0) is 16.1 Å². The highest BCUT2D eigenvalue weighted by molar-refractivity contribution is 7.13. The molecule has 4 rings (SSSR count). The smallest absolute Gasteiger partial charge is 0.273 e. The van der Waals surface area contributed by atoms with Gasteiger partial charge in [0.05, 0.1) is 22.2 Å². The Bertz CT molecular complexity index is 1350. The van der Waals surface area contributed by atoms with E-state index in [0.29, 0.717) is 0 Å². The molecule has 1 aliphatic heterocycles. The van der Waals surface area contributed by atoms with Crippen LogP contribution in [0.25, 0.3) is 10.4 Å². The molecular weight excluding hydrogens is 521 g/mol. The first-order valence-corrected chi connectivity index (χ1v) is 13.5. The quantitative estimate of drug-likeness (QED) is 0.413. The van der Waals surface area contributed by atoms with Crippen LogP contribution in [0.4, 0.5) is 4.39 Å². The van der Waals surface area contributed by atoms with E-state index in [1.165, 1.54) is 17.2 Å². The van der Waals surface area contributed by atoms with Gasteiger partial charge in [-0.25, -0.2) is 14.4 Å². The third-order valence-electron chi connectivity index (χ3n) is 6.66. The lowest BCUT2D eigenvalue weighted by Crippen LogP contribution is -2.57. The second-order valence-corrected chi connectivity index (χ2v) is 11.5. The number of nitrogens with one attached hydrogen (secondary N) is 2. The number of aromatic nitrogens is 2. The number of halogens is 1. The first-order valence-electron chi connectivity index (χ1n) is 12.6. The summed E-state index contributed by atoms with van der Waals surface area (Å²) in [5, 5.41) is 15.8. The number of nitrogens with zero attached hydrogens (tertiary/aromatic N) is 3. The lowest BCUT2D eigenvalue weighted by atomic mass is 9.85. The molecule has 3 amide bonds. The molecule has 0 saturated carbocycles. The van der Waals surface area contributed by atoms with E-state index in [1.807, 2.05) is 31.2 Å². The molecule has 9 nitrogen and oxygen atoms in total. The van der Waals surface area contributed by atoms with Gasteiger partial charge in [0.1, 0.15) is 12.1 Å². The second kappa shape index (κ2) is 11.6. The fraction of sp³-hybridized carbons (Fsp3) is 0.393. The zero-order chi connectivity index (χ0) is 28.3. The van der Waals surface area contributed by atoms with E-state index in [9.17, 15) is 23.9 Å². The number of β-amino-alcohol motifs (C(OH)–C–C–N with tert-alkyl or cyclic N) is 1. The van der Waals surface area contributed by atoms with Crippen LogP contribution in [-0.4, -0.2) is 62.4 Å². The lowest BCUT2D eigenvalue weighted by molar-refractivity contribution is -0.142. The van der Waals surface area contributed by atoms with Gasteiger partial charge in [-0.1, -0.05) is 45.0 Å². The van der Waals surface area contributed by atoms with Gasteiger partial charge in [-0.05, 0) is 35.6 Å². The molecule has 0 unspecified atom stereocenters. The largest absolute Gasteiger partial charge is 0.391 e. The Hall–Kier alpha value is -3.70. The van der Waals surface area contributed by atoms with Crippen LogP contribution >= 0.6 is 11.3 Å². The number of likely N-dealkylation sites (tertiary alicyclic amines) is 1. The molecule has 1 aromatic carbocycles. The SMILES string of the molecule is Cc1ncsc1-c1ccc(CNC(=O)[C@@H]2C[C@@H](O)CN2C(=O)[C@@H](NC(=O)c2ncccc2F)C(C)(C)C)cc1. The summed E-state index contributed by atoms with van der Waals surface area (Å²) in [5.41, 5.74) is 3.48. The van der Waals surface area contributed by atoms with E-state index < -0.39 is 52.8 Å². The molecular formula is C28H32FN5O4S. The van der Waals surface area contributed by atoms with Crippen molar-refractivity contribution in [2.24, 2.45) is 5.41 Å². The standard InChI is InChI=1S/C28H32FN5O4S/c1-16-23(39-15-32-16)18-9-7-17(8-10-18)13-31-25(36)21-12-19(35)14-34(21)27(38)24(28(2,3)4)33-26(37)22-20(29)6-5-11-30-22/h5-11,15,19,21,24,35H,12-14H2,1-4H3,(H,31,36)(H,33,37)/t19-,21+,24-/m1/s1. The number of aliphatic hydroxyl groups is 1. The fourth-order valence-corrected chi connectivity index (χ4v) is 5.34. The van der Waals surface area contributed by atoms with Crippen molar-refractivity contribution >= 4 is 29.1 Å². The number of aliphatic hydroxyl groups excluding tert-OH is 1. The third-order valence-corrected chi connectivity index (χ3v) is 7.63. The molecule has 3 atom stereocenters. The molecule has 0 radical (unpaired) electrons. The minimum absolute atomic E-state index is 0.0553. The zero-order valence-electron chi connectivity index (χ0n) is 22.3. The van der Waals surface area contributed by atoms with Gasteiger partial charge in [-0.2, -0.15) is 0 Å². The van der Waals surface area contributed by atoms with Crippen molar-refractivity contribution in [1.29, 1.82) is 0 Å². The molecule has 2 aromatic heterocycles. The number of hydrogen-bond acceptors (Lipinski definition) is 7. The number of rotatable bonds is 7. The van der Waals surface area contributed by atoms with E-state index in [0.717, 1.165) is 27.8 Å². The molecule has 0 aliphatic carbocycles. The van der Waals surface area contributed by atoms with Gasteiger partial charge in [0, 0.05) is 25.7 Å². The van der Waals surface area contributed by atoms with E-state index in [2.05, 4.69) is 20.6 Å². The Morgan fingerprint density at radius 1 is 1.18 bits per heavy atom. The van der Waals surface area contributed by atoms with Crippen LogP contribution in [0, 0.1) is 18.2 Å². The van der Waals surface area contributed by atoms with Gasteiger partial charge < -0.3 is 20.6 Å². The highest BCUT2D eigenvalue weighted by atomic mass is 32.1. The Kier molecular flexibility index (Phi) is 8.41. The normalized spacial score (nSPS) is 18.1. The van der Waals surface area contributed by atoms with Crippen molar-refractivity contribution < 1.29 is 23.9 Å². The molecule has 3 aromatic rings. The van der Waals surface area contributed by atoms with E-state index in [1.54, 1.807) is 37.6 Å². The maximum Gasteiger partial charge on any atom is 0.273 e. The molecule has 3 heterocycles. The molecule has 11 heteroatoms. The number of hydrogen-bond donors (Lipinski definition) is 3. The Morgan fingerprint density at radius 2 is 1.90 bits per heavy atom. The van der Waals surface area contributed by atoms with E-state index >= 15 is 0 Å². The maximum absolute atomic E-state index is 14.1. The highest BCUT2D eigenvalue weighted by Crippen LogP contribution is 2.28. The predicted octanol–water partition coefficient (Wildman–Crippen LogP) is 3.08. The minimum atomic E-state index is -1.09. The zero-order valence-corrected chi connectivity index (χ0v) is 23.1. The summed E-state index contributed by atoms with van der Waals surface area (Å²) in [4.78, 5) is 50.0. The Labute approximate surface area is 230 Å². The summed E-state index contributed by atoms with van der Waals surface area (Å²) in [5.74, 6) is -2.58. The number of carbonyl (C=O) groups is 3. The number of amides is 3. The Morgan fingerprint density at radius 3 is 2.51 bits per heavy atom. The van der Waals surface area contributed by atoms with Gasteiger partial charge in [0.25, 0.3) is 5.91 Å². The first-order chi connectivity index (χ1) is 18.5. The number of aryl methyl sites for hydroxylation is 1. The van der Waals surface area contributed by atoms with Crippen LogP contribution in [0.3, 0.4) is 0 Å². The number of pyridine rings is 1. The molecule has 39 heavy (non-hydrogen) atoms. The first kappa shape index (κ1) is 28.3.